The minimum Gasteiger partial charge on any atom is -0.352 e. The van der Waals surface area contributed by atoms with Gasteiger partial charge in [-0.3, -0.25) is 9.48 Å². The van der Waals surface area contributed by atoms with Crippen LogP contribution < -0.4 is 5.32 Å². The fraction of sp³-hybridized carbons (Fsp3) is 0.714. The minimum absolute atomic E-state index is 0.0121. The van der Waals surface area contributed by atoms with Crippen LogP contribution in [0.4, 0.5) is 13.2 Å². The van der Waals surface area contributed by atoms with E-state index in [2.05, 4.69) is 10.4 Å². The molecule has 1 aliphatic rings. The number of aromatic nitrogens is 2. The summed E-state index contributed by atoms with van der Waals surface area (Å²) >= 11 is 0. The minimum atomic E-state index is -4.48. The summed E-state index contributed by atoms with van der Waals surface area (Å²) in [6, 6.07) is 0.317. The lowest BCUT2D eigenvalue weighted by Crippen LogP contribution is -2.37. The quantitative estimate of drug-likeness (QED) is 0.907. The van der Waals surface area contributed by atoms with Crippen LogP contribution in [0.2, 0.25) is 0 Å². The number of hydrogen-bond acceptors (Lipinski definition) is 2. The van der Waals surface area contributed by atoms with E-state index in [1.165, 1.54) is 4.68 Å². The van der Waals surface area contributed by atoms with E-state index in [0.717, 1.165) is 25.3 Å². The van der Waals surface area contributed by atoms with Gasteiger partial charge in [-0.1, -0.05) is 6.92 Å². The Morgan fingerprint density at radius 3 is 2.57 bits per heavy atom. The van der Waals surface area contributed by atoms with E-state index in [4.69, 9.17) is 0 Å². The van der Waals surface area contributed by atoms with Crippen LogP contribution in [0.15, 0.2) is 6.07 Å². The van der Waals surface area contributed by atoms with Crippen molar-refractivity contribution in [2.24, 2.45) is 0 Å². The van der Waals surface area contributed by atoms with Crippen molar-refractivity contribution >= 4 is 5.91 Å². The molecular weight excluding hydrogens is 283 g/mol. The van der Waals surface area contributed by atoms with Crippen molar-refractivity contribution in [1.82, 2.24) is 15.1 Å². The summed E-state index contributed by atoms with van der Waals surface area (Å²) in [4.78, 5) is 12.1. The Bertz CT molecular complexity index is 520. The first-order chi connectivity index (χ1) is 9.74. The molecule has 2 unspecified atom stereocenters. The van der Waals surface area contributed by atoms with Crippen molar-refractivity contribution in [2.45, 2.75) is 64.2 Å². The highest BCUT2D eigenvalue weighted by atomic mass is 19.4. The molecule has 1 saturated carbocycles. The molecule has 2 rings (SSSR count). The van der Waals surface area contributed by atoms with Gasteiger partial charge in [0, 0.05) is 17.7 Å². The first-order valence-electron chi connectivity index (χ1n) is 7.21. The number of carbonyl (C=O) groups is 1. The zero-order valence-corrected chi connectivity index (χ0v) is 12.4. The molecular formula is C14H20F3N3O. The van der Waals surface area contributed by atoms with Gasteiger partial charge in [-0.2, -0.15) is 18.3 Å². The molecule has 1 amide bonds. The van der Waals surface area contributed by atoms with Crippen molar-refractivity contribution in [2.75, 3.05) is 0 Å². The first kappa shape index (κ1) is 15.9. The first-order valence-corrected chi connectivity index (χ1v) is 7.21. The Hall–Kier alpha value is -1.53. The van der Waals surface area contributed by atoms with Gasteiger partial charge in [0.05, 0.1) is 0 Å². The molecule has 0 saturated heterocycles. The highest BCUT2D eigenvalue weighted by Crippen LogP contribution is 2.42. The second kappa shape index (κ2) is 5.69. The number of hydrogen-bond donors (Lipinski definition) is 1. The summed E-state index contributed by atoms with van der Waals surface area (Å²) in [7, 11) is 0. The lowest BCUT2D eigenvalue weighted by Gasteiger charge is -2.18. The average Bonchev–Trinajstić information content (AvgIpc) is 3.14. The van der Waals surface area contributed by atoms with Crippen molar-refractivity contribution in [3.8, 4) is 0 Å². The summed E-state index contributed by atoms with van der Waals surface area (Å²) in [6.07, 6.45) is -2.02. The van der Waals surface area contributed by atoms with Gasteiger partial charge in [0.25, 0.3) is 0 Å². The third kappa shape index (κ3) is 3.57. The smallest absolute Gasteiger partial charge is 0.352 e. The highest BCUT2D eigenvalue weighted by molar-refractivity contribution is 5.80. The van der Waals surface area contributed by atoms with Gasteiger partial charge in [-0.05, 0) is 39.2 Å². The largest absolute Gasteiger partial charge is 0.435 e. The SMILES string of the molecule is CCC(C)NC(=O)C(C)n1nc(C(F)(F)F)cc1C1CC1. The standard InChI is InChI=1S/C14H20F3N3O/c1-4-8(2)18-13(21)9(3)20-11(10-5-6-10)7-12(19-20)14(15,16)17/h7-10H,4-6H2,1-3H3,(H,18,21). The van der Waals surface area contributed by atoms with Gasteiger partial charge in [-0.15, -0.1) is 0 Å². The Kier molecular flexibility index (Phi) is 4.30. The number of nitrogens with zero attached hydrogens (tertiary/aromatic N) is 2. The molecule has 1 aromatic heterocycles. The fourth-order valence-electron chi connectivity index (χ4n) is 2.12. The number of halogens is 3. The van der Waals surface area contributed by atoms with Crippen molar-refractivity contribution in [1.29, 1.82) is 0 Å². The van der Waals surface area contributed by atoms with Gasteiger partial charge in [0.1, 0.15) is 6.04 Å². The molecule has 1 heterocycles. The lowest BCUT2D eigenvalue weighted by atomic mass is 10.2. The predicted molar refractivity (Wildman–Crippen MR) is 71.8 cm³/mol. The Morgan fingerprint density at radius 2 is 2.10 bits per heavy atom. The van der Waals surface area contributed by atoms with Crippen LogP contribution in [0.5, 0.6) is 0 Å². The van der Waals surface area contributed by atoms with Crippen LogP contribution in [0.1, 0.15) is 63.4 Å². The molecule has 0 bridgehead atoms. The summed E-state index contributed by atoms with van der Waals surface area (Å²) in [5.41, 5.74) is -0.415. The van der Waals surface area contributed by atoms with Gasteiger partial charge in [-0.25, -0.2) is 0 Å². The average molecular weight is 303 g/mol. The summed E-state index contributed by atoms with van der Waals surface area (Å²) in [6.45, 7) is 5.37. The third-order valence-corrected chi connectivity index (χ3v) is 3.80. The van der Waals surface area contributed by atoms with E-state index in [1.54, 1.807) is 6.92 Å². The summed E-state index contributed by atoms with van der Waals surface area (Å²) in [5, 5.41) is 6.41. The van der Waals surface area contributed by atoms with Crippen LogP contribution >= 0.6 is 0 Å². The molecule has 1 fully saturated rings. The van der Waals surface area contributed by atoms with E-state index in [-0.39, 0.29) is 17.9 Å². The van der Waals surface area contributed by atoms with Crippen LogP contribution in [0.25, 0.3) is 0 Å². The van der Waals surface area contributed by atoms with Gasteiger partial charge >= 0.3 is 6.18 Å². The highest BCUT2D eigenvalue weighted by Gasteiger charge is 2.39. The normalized spacial score (nSPS) is 18.4. The van der Waals surface area contributed by atoms with Crippen LogP contribution in [-0.2, 0) is 11.0 Å². The molecule has 118 valence electrons. The Morgan fingerprint density at radius 1 is 1.48 bits per heavy atom. The van der Waals surface area contributed by atoms with E-state index in [1.807, 2.05) is 13.8 Å². The topological polar surface area (TPSA) is 46.9 Å². The van der Waals surface area contributed by atoms with E-state index >= 15 is 0 Å². The molecule has 1 aromatic rings. The summed E-state index contributed by atoms with van der Waals surface area (Å²) < 4.78 is 39.7. The molecule has 4 nitrogen and oxygen atoms in total. The fourth-order valence-corrected chi connectivity index (χ4v) is 2.12. The van der Waals surface area contributed by atoms with E-state index < -0.39 is 17.9 Å². The number of carbonyl (C=O) groups excluding carboxylic acids is 1. The second-order valence-corrected chi connectivity index (χ2v) is 5.66. The molecule has 0 aliphatic heterocycles. The zero-order chi connectivity index (χ0) is 15.8. The Balaban J connectivity index is 2.25. The van der Waals surface area contributed by atoms with Gasteiger partial charge < -0.3 is 5.32 Å². The summed E-state index contributed by atoms with van der Waals surface area (Å²) in [5.74, 6) is -0.212. The Labute approximate surface area is 121 Å². The lowest BCUT2D eigenvalue weighted by molar-refractivity contribution is -0.142. The van der Waals surface area contributed by atoms with Crippen LogP contribution in [0.3, 0.4) is 0 Å². The van der Waals surface area contributed by atoms with Crippen molar-refractivity contribution < 1.29 is 18.0 Å². The maximum absolute atomic E-state index is 12.8. The van der Waals surface area contributed by atoms with Crippen LogP contribution in [-0.4, -0.2) is 21.7 Å². The van der Waals surface area contributed by atoms with Crippen LogP contribution in [0, 0.1) is 0 Å². The third-order valence-electron chi connectivity index (χ3n) is 3.80. The molecule has 2 atom stereocenters. The molecule has 0 aromatic carbocycles. The predicted octanol–water partition coefficient (Wildman–Crippen LogP) is 3.26. The molecule has 21 heavy (non-hydrogen) atoms. The van der Waals surface area contributed by atoms with E-state index in [9.17, 15) is 18.0 Å². The number of rotatable bonds is 5. The second-order valence-electron chi connectivity index (χ2n) is 5.66. The number of alkyl halides is 3. The zero-order valence-electron chi connectivity index (χ0n) is 12.4. The van der Waals surface area contributed by atoms with Crippen molar-refractivity contribution in [3.63, 3.8) is 0 Å². The number of nitrogens with one attached hydrogen (secondary N) is 1. The van der Waals surface area contributed by atoms with Gasteiger partial charge in [0.2, 0.25) is 5.91 Å². The molecule has 1 N–H and O–H groups in total. The molecule has 1 aliphatic carbocycles. The molecule has 0 spiro atoms. The van der Waals surface area contributed by atoms with Crippen molar-refractivity contribution in [3.05, 3.63) is 17.5 Å². The molecule has 0 radical (unpaired) electrons. The monoisotopic (exact) mass is 303 g/mol. The number of amides is 1. The maximum atomic E-state index is 12.8. The van der Waals surface area contributed by atoms with E-state index in [0.29, 0.717) is 5.69 Å². The maximum Gasteiger partial charge on any atom is 0.435 e. The molecule has 7 heteroatoms. The van der Waals surface area contributed by atoms with Gasteiger partial charge in [0.15, 0.2) is 5.69 Å².